The molecule has 0 amide bonds. The number of para-hydroxylation sites is 1. The van der Waals surface area contributed by atoms with Gasteiger partial charge in [0.05, 0.1) is 23.9 Å². The second kappa shape index (κ2) is 11.4. The summed E-state index contributed by atoms with van der Waals surface area (Å²) in [6.45, 7) is 0. The zero-order chi connectivity index (χ0) is 38.5. The average Bonchev–Trinajstić information content (AvgIpc) is 3.63. The Bertz CT molecular complexity index is 3310. The van der Waals surface area contributed by atoms with Gasteiger partial charge in [-0.15, -0.1) is 11.3 Å². The van der Waals surface area contributed by atoms with Crippen molar-refractivity contribution in [2.45, 2.75) is 0 Å². The molecule has 4 nitrogen and oxygen atoms in total. The minimum atomic E-state index is -0.474. The molecule has 52 heavy (non-hydrogen) atoms. The number of fused-ring (bicyclic) bond motifs is 6. The Kier molecular flexibility index (Phi) is 5.37. The van der Waals surface area contributed by atoms with Crippen molar-refractivity contribution in [3.8, 4) is 45.3 Å². The van der Waals surface area contributed by atoms with E-state index in [9.17, 15) is 0 Å². The van der Waals surface area contributed by atoms with Crippen LogP contribution in [0.3, 0.4) is 0 Å². The predicted molar refractivity (Wildman–Crippen MR) is 218 cm³/mol. The largest absolute Gasteiger partial charge is 0.309 e. The van der Waals surface area contributed by atoms with E-state index >= 15 is 0 Å². The fraction of sp³-hybridized carbons (Fsp3) is 0. The third kappa shape index (κ3) is 4.43. The third-order valence-electron chi connectivity index (χ3n) is 9.94. The van der Waals surface area contributed by atoms with E-state index in [-0.39, 0.29) is 23.5 Å². The molecule has 0 unspecified atom stereocenters. The molecule has 3 heterocycles. The first-order chi connectivity index (χ1) is 27.9. The summed E-state index contributed by atoms with van der Waals surface area (Å²) >= 11 is 1.68. The number of hydrogen-bond acceptors (Lipinski definition) is 5. The Labute approximate surface area is 311 Å². The standard InChI is InChI=1S/C47H28N4S/c1-2-12-30(13-3-1)45-48-46(31-26-27-36-35-17-5-7-25-42(35)52-43(36)28-31)50-47(49-45)38-21-10-19-33-32(38)18-11-23-40(33)51-39-22-6-4-16-34(39)37-20-8-14-29-15-9-24-41(51)44(29)37/h1-28H/i1D,2D,3D,12D,13D. The normalized spacial score (nSPS) is 13.5. The van der Waals surface area contributed by atoms with E-state index in [1.165, 1.54) is 21.0 Å². The Morgan fingerprint density at radius 2 is 1.08 bits per heavy atom. The SMILES string of the molecule is [2H]c1c([2H])c([2H])c(-c2nc(-c3ccc4c(c3)sc3ccccc34)nc(-c3cccc4c(N5c6ccccc6-c6cccc7cccc5c67)cccc34)n2)c([2H])c1[2H]. The molecule has 242 valence electrons. The molecule has 1 aliphatic rings. The Morgan fingerprint density at radius 1 is 0.442 bits per heavy atom. The lowest BCUT2D eigenvalue weighted by atomic mass is 9.90. The molecule has 0 radical (unpaired) electrons. The minimum Gasteiger partial charge on any atom is -0.309 e. The van der Waals surface area contributed by atoms with Crippen LogP contribution >= 0.6 is 11.3 Å². The van der Waals surface area contributed by atoms with Crippen molar-refractivity contribution >= 4 is 70.1 Å². The van der Waals surface area contributed by atoms with Gasteiger partial charge in [0.25, 0.3) is 0 Å². The second-order valence-electron chi connectivity index (χ2n) is 12.8. The highest BCUT2D eigenvalue weighted by atomic mass is 32.1. The Morgan fingerprint density at radius 3 is 2.00 bits per heavy atom. The second-order valence-corrected chi connectivity index (χ2v) is 13.9. The highest BCUT2D eigenvalue weighted by Gasteiger charge is 2.27. The van der Waals surface area contributed by atoms with Crippen LogP contribution in [0.25, 0.3) is 87.0 Å². The van der Waals surface area contributed by atoms with E-state index in [4.69, 9.17) is 21.8 Å². The first-order valence-corrected chi connectivity index (χ1v) is 17.9. The molecule has 0 bridgehead atoms. The van der Waals surface area contributed by atoms with Crippen molar-refractivity contribution in [1.82, 2.24) is 15.0 Å². The number of nitrogens with zero attached hydrogens (tertiary/aromatic N) is 4. The highest BCUT2D eigenvalue weighted by molar-refractivity contribution is 7.25. The van der Waals surface area contributed by atoms with E-state index in [1.807, 2.05) is 36.4 Å². The quantitative estimate of drug-likeness (QED) is 0.185. The van der Waals surface area contributed by atoms with E-state index < -0.39 is 18.1 Å². The van der Waals surface area contributed by atoms with Gasteiger partial charge in [0.1, 0.15) is 0 Å². The lowest BCUT2D eigenvalue weighted by molar-refractivity contribution is 1.08. The molecule has 0 atom stereocenters. The third-order valence-corrected chi connectivity index (χ3v) is 11.1. The van der Waals surface area contributed by atoms with Crippen molar-refractivity contribution in [3.05, 3.63) is 170 Å². The summed E-state index contributed by atoms with van der Waals surface area (Å²) in [6, 6.07) is 45.9. The van der Waals surface area contributed by atoms with Crippen LogP contribution in [0.1, 0.15) is 6.85 Å². The molecule has 0 fully saturated rings. The molecule has 10 aromatic rings. The topological polar surface area (TPSA) is 41.9 Å². The van der Waals surface area contributed by atoms with Crippen molar-refractivity contribution < 1.29 is 6.85 Å². The maximum absolute atomic E-state index is 8.85. The van der Waals surface area contributed by atoms with Crippen molar-refractivity contribution in [1.29, 1.82) is 0 Å². The van der Waals surface area contributed by atoms with Gasteiger partial charge in [-0.3, -0.25) is 0 Å². The number of thiophene rings is 1. The van der Waals surface area contributed by atoms with Crippen molar-refractivity contribution in [2.75, 3.05) is 4.90 Å². The van der Waals surface area contributed by atoms with E-state index in [1.54, 1.807) is 11.3 Å². The van der Waals surface area contributed by atoms with Crippen LogP contribution < -0.4 is 4.90 Å². The van der Waals surface area contributed by atoms with Gasteiger partial charge in [-0.05, 0) is 46.7 Å². The van der Waals surface area contributed by atoms with Crippen molar-refractivity contribution in [3.63, 3.8) is 0 Å². The summed E-state index contributed by atoms with van der Waals surface area (Å²) in [5.41, 5.74) is 6.86. The van der Waals surface area contributed by atoms with Gasteiger partial charge in [-0.25, -0.2) is 15.0 Å². The summed E-state index contributed by atoms with van der Waals surface area (Å²) in [7, 11) is 0. The Hall–Kier alpha value is -6.69. The monoisotopic (exact) mass is 685 g/mol. The molecular weight excluding hydrogens is 653 g/mol. The highest BCUT2D eigenvalue weighted by Crippen LogP contribution is 2.52. The van der Waals surface area contributed by atoms with Gasteiger partial charge >= 0.3 is 0 Å². The molecule has 0 saturated heterocycles. The molecule has 0 saturated carbocycles. The first-order valence-electron chi connectivity index (χ1n) is 19.5. The van der Waals surface area contributed by atoms with Crippen LogP contribution in [-0.4, -0.2) is 15.0 Å². The maximum atomic E-state index is 8.85. The number of hydrogen-bond donors (Lipinski definition) is 0. The fourth-order valence-electron chi connectivity index (χ4n) is 7.67. The van der Waals surface area contributed by atoms with Crippen molar-refractivity contribution in [2.24, 2.45) is 0 Å². The molecule has 0 spiro atoms. The van der Waals surface area contributed by atoms with Gasteiger partial charge < -0.3 is 4.90 Å². The fourth-order valence-corrected chi connectivity index (χ4v) is 8.81. The van der Waals surface area contributed by atoms with Crippen LogP contribution in [0.5, 0.6) is 0 Å². The Balaban J connectivity index is 1.16. The van der Waals surface area contributed by atoms with E-state index in [0.717, 1.165) is 60.0 Å². The molecule has 11 rings (SSSR count). The number of anilines is 3. The van der Waals surface area contributed by atoms with E-state index in [2.05, 4.69) is 108 Å². The molecule has 0 N–H and O–H groups in total. The van der Waals surface area contributed by atoms with Crippen LogP contribution in [-0.2, 0) is 0 Å². The molecular formula is C47H28N4S. The summed E-state index contributed by atoms with van der Waals surface area (Å²) in [5.74, 6) is 0.667. The number of rotatable bonds is 4. The van der Waals surface area contributed by atoms with Crippen LogP contribution in [0, 0.1) is 0 Å². The summed E-state index contributed by atoms with van der Waals surface area (Å²) in [5, 5.41) is 6.51. The van der Waals surface area contributed by atoms with Gasteiger partial charge in [0.2, 0.25) is 0 Å². The lowest BCUT2D eigenvalue weighted by Gasteiger charge is -2.34. The first kappa shape index (κ1) is 24.5. The minimum absolute atomic E-state index is 0.00448. The van der Waals surface area contributed by atoms with Crippen LogP contribution in [0.2, 0.25) is 0 Å². The number of benzene rings is 8. The molecule has 5 heteroatoms. The summed E-state index contributed by atoms with van der Waals surface area (Å²) in [4.78, 5) is 17.2. The van der Waals surface area contributed by atoms with Gasteiger partial charge in [0, 0.05) is 53.2 Å². The van der Waals surface area contributed by atoms with E-state index in [0.29, 0.717) is 11.6 Å². The zero-order valence-corrected chi connectivity index (χ0v) is 28.3. The predicted octanol–water partition coefficient (Wildman–Crippen LogP) is 13.0. The summed E-state index contributed by atoms with van der Waals surface area (Å²) in [6.07, 6.45) is 0. The smallest absolute Gasteiger partial charge is 0.164 e. The molecule has 1 aliphatic heterocycles. The molecule has 8 aromatic carbocycles. The summed E-state index contributed by atoms with van der Waals surface area (Å²) < 4.78 is 45.1. The average molecular weight is 686 g/mol. The van der Waals surface area contributed by atoms with Gasteiger partial charge in [0.15, 0.2) is 17.5 Å². The molecule has 0 aliphatic carbocycles. The van der Waals surface area contributed by atoms with Crippen LogP contribution in [0.4, 0.5) is 17.1 Å². The number of aromatic nitrogens is 3. The van der Waals surface area contributed by atoms with Crippen LogP contribution in [0.15, 0.2) is 170 Å². The molecule has 2 aromatic heterocycles. The van der Waals surface area contributed by atoms with Gasteiger partial charge in [-0.1, -0.05) is 139 Å². The maximum Gasteiger partial charge on any atom is 0.164 e. The van der Waals surface area contributed by atoms with Gasteiger partial charge in [-0.2, -0.15) is 0 Å². The lowest BCUT2D eigenvalue weighted by Crippen LogP contribution is -2.15. The zero-order valence-electron chi connectivity index (χ0n) is 32.5.